The molecule has 0 aliphatic carbocycles. The van der Waals surface area contributed by atoms with Crippen LogP contribution in [0.5, 0.6) is 0 Å². The van der Waals surface area contributed by atoms with Crippen LogP contribution in [0, 0.1) is 0 Å². The fourth-order valence-corrected chi connectivity index (χ4v) is 8.45. The van der Waals surface area contributed by atoms with Gasteiger partial charge in [0.1, 0.15) is 0 Å². The molecule has 0 spiro atoms. The van der Waals surface area contributed by atoms with Gasteiger partial charge >= 0.3 is 5.97 Å². The van der Waals surface area contributed by atoms with E-state index in [0.29, 0.717) is 25.9 Å². The van der Waals surface area contributed by atoms with Crippen molar-refractivity contribution in [3.63, 3.8) is 0 Å². The third kappa shape index (κ3) is 47.8. The molecule has 0 aliphatic rings. The van der Waals surface area contributed by atoms with Gasteiger partial charge in [0.25, 0.3) is 0 Å². The van der Waals surface area contributed by atoms with E-state index in [9.17, 15) is 19.8 Å². The average Bonchev–Trinajstić information content (AvgIpc) is 3.27. The van der Waals surface area contributed by atoms with Crippen LogP contribution in [-0.2, 0) is 14.3 Å². The molecule has 0 radical (unpaired) electrons. The third-order valence-electron chi connectivity index (χ3n) is 12.7. The molecule has 0 fully saturated rings. The zero-order valence-corrected chi connectivity index (χ0v) is 41.6. The Kier molecular flexibility index (Phi) is 50.6. The maximum atomic E-state index is 12.5. The molecular weight excluding hydrogens is 767 g/mol. The molecule has 0 saturated carbocycles. The summed E-state index contributed by atoms with van der Waals surface area (Å²) in [5.41, 5.74) is 0. The van der Waals surface area contributed by atoms with Crippen molar-refractivity contribution in [2.75, 3.05) is 13.2 Å². The Bertz CT molecular complexity index is 966. The maximum absolute atomic E-state index is 12.5. The Morgan fingerprint density at radius 2 is 0.758 bits per heavy atom. The number of carbonyl (C=O) groups excluding carboxylic acids is 2. The van der Waals surface area contributed by atoms with E-state index in [4.69, 9.17) is 4.74 Å². The second kappa shape index (κ2) is 52.0. The molecule has 3 N–H and O–H groups in total. The second-order valence-corrected chi connectivity index (χ2v) is 18.9. The Labute approximate surface area is 386 Å². The highest BCUT2D eigenvalue weighted by molar-refractivity contribution is 5.76. The van der Waals surface area contributed by atoms with Crippen molar-refractivity contribution in [2.24, 2.45) is 0 Å². The molecule has 6 nitrogen and oxygen atoms in total. The van der Waals surface area contributed by atoms with Gasteiger partial charge in [-0.3, -0.25) is 9.59 Å². The van der Waals surface area contributed by atoms with E-state index in [0.717, 1.165) is 83.5 Å². The van der Waals surface area contributed by atoms with Crippen LogP contribution in [0.15, 0.2) is 24.3 Å². The average molecular weight is 874 g/mol. The summed E-state index contributed by atoms with van der Waals surface area (Å²) in [4.78, 5) is 24.5. The van der Waals surface area contributed by atoms with Gasteiger partial charge in [-0.1, -0.05) is 231 Å². The van der Waals surface area contributed by atoms with Gasteiger partial charge in [0.05, 0.1) is 25.4 Å². The highest BCUT2D eigenvalue weighted by atomic mass is 16.5. The molecule has 0 rings (SSSR count). The Balaban J connectivity index is 3.50. The summed E-state index contributed by atoms with van der Waals surface area (Å²) in [6.45, 7) is 4.88. The van der Waals surface area contributed by atoms with Crippen LogP contribution in [-0.4, -0.2) is 47.4 Å². The van der Waals surface area contributed by atoms with Crippen LogP contribution in [0.4, 0.5) is 0 Å². The molecule has 0 bridgehead atoms. The largest absolute Gasteiger partial charge is 0.466 e. The lowest BCUT2D eigenvalue weighted by molar-refractivity contribution is -0.143. The number of hydrogen-bond donors (Lipinski definition) is 3. The van der Waals surface area contributed by atoms with Crippen LogP contribution in [0.1, 0.15) is 296 Å². The Hall–Kier alpha value is -1.66. The number of unbranched alkanes of at least 4 members (excludes halogenated alkanes) is 36. The lowest BCUT2D eigenvalue weighted by atomic mass is 10.0. The molecule has 1 amide bonds. The van der Waals surface area contributed by atoms with Gasteiger partial charge in [-0.25, -0.2) is 0 Å². The van der Waals surface area contributed by atoms with Gasteiger partial charge < -0.3 is 20.3 Å². The van der Waals surface area contributed by atoms with Crippen LogP contribution in [0.25, 0.3) is 0 Å². The molecule has 0 heterocycles. The third-order valence-corrected chi connectivity index (χ3v) is 12.7. The minimum atomic E-state index is -0.682. The van der Waals surface area contributed by atoms with Crippen molar-refractivity contribution >= 4 is 11.9 Å². The highest BCUT2D eigenvalue weighted by Gasteiger charge is 2.20. The first-order valence-electron chi connectivity index (χ1n) is 27.6. The van der Waals surface area contributed by atoms with Gasteiger partial charge in [0.2, 0.25) is 5.91 Å². The minimum absolute atomic E-state index is 0.0338. The monoisotopic (exact) mass is 874 g/mol. The number of carbonyl (C=O) groups is 2. The van der Waals surface area contributed by atoms with Crippen LogP contribution < -0.4 is 5.32 Å². The normalized spacial score (nSPS) is 12.8. The first kappa shape index (κ1) is 60.3. The van der Waals surface area contributed by atoms with E-state index in [1.165, 1.54) is 180 Å². The summed E-state index contributed by atoms with van der Waals surface area (Å²) in [5.74, 6) is -0.0968. The molecule has 0 aromatic carbocycles. The van der Waals surface area contributed by atoms with Gasteiger partial charge in [-0.05, 0) is 77.0 Å². The van der Waals surface area contributed by atoms with Crippen molar-refractivity contribution in [3.8, 4) is 0 Å². The zero-order valence-electron chi connectivity index (χ0n) is 41.6. The summed E-state index contributed by atoms with van der Waals surface area (Å²) < 4.78 is 5.45. The summed E-state index contributed by atoms with van der Waals surface area (Å²) in [6, 6.07) is -0.562. The van der Waals surface area contributed by atoms with E-state index in [2.05, 4.69) is 43.5 Å². The van der Waals surface area contributed by atoms with Gasteiger partial charge in [-0.15, -0.1) is 0 Å². The van der Waals surface area contributed by atoms with E-state index in [1.54, 1.807) is 0 Å². The predicted molar refractivity (Wildman–Crippen MR) is 269 cm³/mol. The quantitative estimate of drug-likeness (QED) is 0.0321. The molecule has 62 heavy (non-hydrogen) atoms. The van der Waals surface area contributed by atoms with Crippen molar-refractivity contribution in [2.45, 2.75) is 309 Å². The van der Waals surface area contributed by atoms with Gasteiger partial charge in [0.15, 0.2) is 0 Å². The number of aliphatic hydroxyl groups is 2. The number of ether oxygens (including phenoxy) is 1. The van der Waals surface area contributed by atoms with Crippen LogP contribution in [0.2, 0.25) is 0 Å². The molecule has 6 heteroatoms. The number of esters is 1. The fraction of sp³-hybridized carbons (Fsp3) is 0.893. The number of rotatable bonds is 51. The molecule has 0 saturated heterocycles. The lowest BCUT2D eigenvalue weighted by Gasteiger charge is -2.22. The smallest absolute Gasteiger partial charge is 0.305 e. The van der Waals surface area contributed by atoms with Crippen molar-refractivity contribution in [1.29, 1.82) is 0 Å². The maximum Gasteiger partial charge on any atom is 0.305 e. The number of nitrogens with one attached hydrogen (secondary N) is 1. The minimum Gasteiger partial charge on any atom is -0.466 e. The van der Waals surface area contributed by atoms with Crippen molar-refractivity contribution < 1.29 is 24.5 Å². The second-order valence-electron chi connectivity index (χ2n) is 18.9. The molecule has 2 unspecified atom stereocenters. The van der Waals surface area contributed by atoms with Crippen LogP contribution in [0.3, 0.4) is 0 Å². The Morgan fingerprint density at radius 3 is 1.15 bits per heavy atom. The summed E-state index contributed by atoms with van der Waals surface area (Å²) in [7, 11) is 0. The van der Waals surface area contributed by atoms with E-state index >= 15 is 0 Å². The zero-order chi connectivity index (χ0) is 45.1. The van der Waals surface area contributed by atoms with Crippen LogP contribution >= 0.6 is 0 Å². The molecule has 2 atom stereocenters. The highest BCUT2D eigenvalue weighted by Crippen LogP contribution is 2.16. The van der Waals surface area contributed by atoms with E-state index in [1.807, 2.05) is 0 Å². The topological polar surface area (TPSA) is 95.9 Å². The molecule has 366 valence electrons. The van der Waals surface area contributed by atoms with E-state index in [-0.39, 0.29) is 18.5 Å². The standard InChI is InChI=1S/C56H107NO5/c1-3-5-7-9-11-13-15-17-19-21-22-24-26-30-34-38-42-46-50-56(61)62-51-47-43-39-35-31-27-29-33-37-41-45-49-55(60)57-53(52-58)54(59)48-44-40-36-32-28-25-23-20-18-16-14-12-10-8-6-4-2/h19,21,31,35,53-54,58-59H,3-18,20,22-30,32-34,36-52H2,1-2H3,(H,57,60)/b21-19-,35-31-. The number of allylic oxidation sites excluding steroid dienone is 4. The SMILES string of the molecule is CCCCCCCCC/C=C\CCCCCCCCCC(=O)OCCCC/C=C\CCCCCCCC(=O)NC(CO)C(O)CCCCCCCCCCCCCCCCCC. The van der Waals surface area contributed by atoms with Gasteiger partial charge in [0, 0.05) is 12.8 Å². The Morgan fingerprint density at radius 1 is 0.435 bits per heavy atom. The molecular formula is C56H107NO5. The first-order valence-corrected chi connectivity index (χ1v) is 27.6. The molecule has 0 aliphatic heterocycles. The van der Waals surface area contributed by atoms with E-state index < -0.39 is 12.1 Å². The van der Waals surface area contributed by atoms with Crippen molar-refractivity contribution in [3.05, 3.63) is 24.3 Å². The number of aliphatic hydroxyl groups excluding tert-OH is 2. The predicted octanol–water partition coefficient (Wildman–Crippen LogP) is 16.7. The summed E-state index contributed by atoms with van der Waals surface area (Å²) >= 11 is 0. The summed E-state index contributed by atoms with van der Waals surface area (Å²) in [6.07, 6.45) is 61.6. The molecule has 0 aromatic heterocycles. The lowest BCUT2D eigenvalue weighted by Crippen LogP contribution is -2.45. The van der Waals surface area contributed by atoms with Gasteiger partial charge in [-0.2, -0.15) is 0 Å². The summed E-state index contributed by atoms with van der Waals surface area (Å²) in [5, 5.41) is 23.2. The number of hydrogen-bond acceptors (Lipinski definition) is 5. The number of amides is 1. The van der Waals surface area contributed by atoms with Crippen molar-refractivity contribution in [1.82, 2.24) is 5.32 Å². The fourth-order valence-electron chi connectivity index (χ4n) is 8.45. The first-order chi connectivity index (χ1) is 30.5. The molecule has 0 aromatic rings.